The normalized spacial score (nSPS) is 10.7. The van der Waals surface area contributed by atoms with E-state index in [0.29, 0.717) is 6.54 Å². The summed E-state index contributed by atoms with van der Waals surface area (Å²) in [7, 11) is 0. The number of para-hydroxylation sites is 2. The standard InChI is InChI=1S/C14H17N7/c1-2-9-20-11-12(18-19-20)10-15-13-5-3-4-6-14(13)21-16-7-8-17-21/h3-8,11,15H,2,9-10H2,1H3. The van der Waals surface area contributed by atoms with E-state index in [1.807, 2.05) is 35.1 Å². The SMILES string of the molecule is CCCn1cc(CNc2ccccc2-n2nccn2)nn1. The largest absolute Gasteiger partial charge is 0.377 e. The highest BCUT2D eigenvalue weighted by Crippen LogP contribution is 2.18. The van der Waals surface area contributed by atoms with Gasteiger partial charge in [-0.05, 0) is 18.6 Å². The maximum absolute atomic E-state index is 4.16. The number of rotatable bonds is 6. The molecule has 0 fully saturated rings. The lowest BCUT2D eigenvalue weighted by Gasteiger charge is -2.09. The Hall–Kier alpha value is -2.70. The molecule has 21 heavy (non-hydrogen) atoms. The van der Waals surface area contributed by atoms with Crippen molar-refractivity contribution in [1.82, 2.24) is 30.0 Å². The number of nitrogens with one attached hydrogen (secondary N) is 1. The molecule has 7 heteroatoms. The average Bonchev–Trinajstić information content (AvgIpc) is 3.17. The van der Waals surface area contributed by atoms with E-state index in [1.165, 1.54) is 0 Å². The van der Waals surface area contributed by atoms with Crippen molar-refractivity contribution >= 4 is 5.69 Å². The van der Waals surface area contributed by atoms with Crippen molar-refractivity contribution in [2.45, 2.75) is 26.4 Å². The fraction of sp³-hybridized carbons (Fsp3) is 0.286. The Morgan fingerprint density at radius 2 is 1.95 bits per heavy atom. The first-order valence-electron chi connectivity index (χ1n) is 6.95. The molecule has 7 nitrogen and oxygen atoms in total. The van der Waals surface area contributed by atoms with Crippen LogP contribution in [0.4, 0.5) is 5.69 Å². The van der Waals surface area contributed by atoms with Gasteiger partial charge in [-0.15, -0.1) is 9.90 Å². The highest BCUT2D eigenvalue weighted by Gasteiger charge is 2.06. The topological polar surface area (TPSA) is 73.5 Å². The van der Waals surface area contributed by atoms with Gasteiger partial charge in [0.05, 0.1) is 30.8 Å². The third kappa shape index (κ3) is 3.07. The van der Waals surface area contributed by atoms with Crippen molar-refractivity contribution in [3.05, 3.63) is 48.5 Å². The van der Waals surface area contributed by atoms with Gasteiger partial charge in [0.25, 0.3) is 0 Å². The first kappa shape index (κ1) is 13.3. The summed E-state index contributed by atoms with van der Waals surface area (Å²) in [5.41, 5.74) is 2.77. The molecule has 0 aliphatic heterocycles. The molecule has 3 aromatic rings. The summed E-state index contributed by atoms with van der Waals surface area (Å²) < 4.78 is 1.86. The zero-order chi connectivity index (χ0) is 14.5. The molecule has 1 N–H and O–H groups in total. The quantitative estimate of drug-likeness (QED) is 0.747. The van der Waals surface area contributed by atoms with Gasteiger partial charge in [0.2, 0.25) is 0 Å². The van der Waals surface area contributed by atoms with Gasteiger partial charge in [0.1, 0.15) is 11.4 Å². The first-order valence-corrected chi connectivity index (χ1v) is 6.95. The first-order chi connectivity index (χ1) is 10.4. The van der Waals surface area contributed by atoms with E-state index in [1.54, 1.807) is 17.2 Å². The molecule has 0 aliphatic rings. The molecule has 1 aromatic carbocycles. The molecular formula is C14H17N7. The minimum atomic E-state index is 0.613. The van der Waals surface area contributed by atoms with Crippen LogP contribution in [0, 0.1) is 0 Å². The minimum absolute atomic E-state index is 0.613. The van der Waals surface area contributed by atoms with Gasteiger partial charge in [-0.1, -0.05) is 24.3 Å². The highest BCUT2D eigenvalue weighted by molar-refractivity contribution is 5.60. The van der Waals surface area contributed by atoms with Gasteiger partial charge in [-0.25, -0.2) is 0 Å². The van der Waals surface area contributed by atoms with Crippen molar-refractivity contribution in [2.75, 3.05) is 5.32 Å². The summed E-state index contributed by atoms with van der Waals surface area (Å²) in [4.78, 5) is 1.59. The summed E-state index contributed by atoms with van der Waals surface area (Å²) >= 11 is 0. The van der Waals surface area contributed by atoms with Gasteiger partial charge < -0.3 is 5.32 Å². The third-order valence-corrected chi connectivity index (χ3v) is 3.04. The van der Waals surface area contributed by atoms with Crippen LogP contribution < -0.4 is 5.32 Å². The maximum atomic E-state index is 4.16. The summed E-state index contributed by atoms with van der Waals surface area (Å²) in [6.45, 7) is 3.62. The van der Waals surface area contributed by atoms with Crippen LogP contribution in [0.3, 0.4) is 0 Å². The molecule has 0 spiro atoms. The molecule has 2 aromatic heterocycles. The Bertz CT molecular complexity index is 687. The summed E-state index contributed by atoms with van der Waals surface area (Å²) in [6, 6.07) is 7.90. The predicted octanol–water partition coefficient (Wildman–Crippen LogP) is 1.88. The summed E-state index contributed by atoms with van der Waals surface area (Å²) in [5, 5.41) is 19.9. The lowest BCUT2D eigenvalue weighted by Crippen LogP contribution is -2.06. The molecule has 0 amide bonds. The Balaban J connectivity index is 1.73. The molecule has 0 unspecified atom stereocenters. The van der Waals surface area contributed by atoms with Crippen LogP contribution in [0.5, 0.6) is 0 Å². The third-order valence-electron chi connectivity index (χ3n) is 3.04. The van der Waals surface area contributed by atoms with E-state index < -0.39 is 0 Å². The Labute approximate surface area is 122 Å². The molecule has 0 saturated heterocycles. The highest BCUT2D eigenvalue weighted by atomic mass is 15.5. The number of anilines is 1. The molecule has 108 valence electrons. The minimum Gasteiger partial charge on any atom is -0.377 e. The van der Waals surface area contributed by atoms with Crippen molar-refractivity contribution in [3.63, 3.8) is 0 Å². The van der Waals surface area contributed by atoms with Gasteiger partial charge in [0.15, 0.2) is 0 Å². The molecule has 2 heterocycles. The van der Waals surface area contributed by atoms with Crippen LogP contribution in [0.1, 0.15) is 19.0 Å². The Kier molecular flexibility index (Phi) is 3.90. The smallest absolute Gasteiger partial charge is 0.109 e. The van der Waals surface area contributed by atoms with E-state index >= 15 is 0 Å². The van der Waals surface area contributed by atoms with Crippen molar-refractivity contribution in [1.29, 1.82) is 0 Å². The van der Waals surface area contributed by atoms with E-state index in [0.717, 1.165) is 30.0 Å². The number of nitrogens with zero attached hydrogens (tertiary/aromatic N) is 6. The van der Waals surface area contributed by atoms with Crippen molar-refractivity contribution in [3.8, 4) is 5.69 Å². The number of benzene rings is 1. The lowest BCUT2D eigenvalue weighted by atomic mass is 10.2. The second kappa shape index (κ2) is 6.17. The fourth-order valence-electron chi connectivity index (χ4n) is 2.08. The molecule has 0 atom stereocenters. The monoisotopic (exact) mass is 283 g/mol. The molecular weight excluding hydrogens is 266 g/mol. The van der Waals surface area contributed by atoms with E-state index in [4.69, 9.17) is 0 Å². The van der Waals surface area contributed by atoms with Crippen LogP contribution in [0.25, 0.3) is 5.69 Å². The van der Waals surface area contributed by atoms with Crippen molar-refractivity contribution in [2.24, 2.45) is 0 Å². The molecule has 0 aliphatic carbocycles. The average molecular weight is 283 g/mol. The molecule has 0 radical (unpaired) electrons. The summed E-state index contributed by atoms with van der Waals surface area (Å²) in [5.74, 6) is 0. The van der Waals surface area contributed by atoms with Crippen LogP contribution in [-0.4, -0.2) is 30.0 Å². The zero-order valence-electron chi connectivity index (χ0n) is 11.8. The van der Waals surface area contributed by atoms with Gasteiger partial charge in [0, 0.05) is 6.54 Å². The predicted molar refractivity (Wildman–Crippen MR) is 79.0 cm³/mol. The molecule has 3 rings (SSSR count). The van der Waals surface area contributed by atoms with E-state index in [9.17, 15) is 0 Å². The number of aryl methyl sites for hydroxylation is 1. The lowest BCUT2D eigenvalue weighted by molar-refractivity contribution is 0.579. The molecule has 0 saturated carbocycles. The number of hydrogen-bond donors (Lipinski definition) is 1. The van der Waals surface area contributed by atoms with Crippen LogP contribution >= 0.6 is 0 Å². The van der Waals surface area contributed by atoms with Crippen LogP contribution in [0.2, 0.25) is 0 Å². The van der Waals surface area contributed by atoms with Gasteiger partial charge >= 0.3 is 0 Å². The number of aromatic nitrogens is 6. The number of hydrogen-bond acceptors (Lipinski definition) is 5. The van der Waals surface area contributed by atoms with E-state index in [2.05, 4.69) is 32.7 Å². The second-order valence-electron chi connectivity index (χ2n) is 4.66. The van der Waals surface area contributed by atoms with Gasteiger partial charge in [-0.3, -0.25) is 4.68 Å². The van der Waals surface area contributed by atoms with Crippen molar-refractivity contribution < 1.29 is 0 Å². The molecule has 0 bridgehead atoms. The maximum Gasteiger partial charge on any atom is 0.109 e. The van der Waals surface area contributed by atoms with E-state index in [-0.39, 0.29) is 0 Å². The Morgan fingerprint density at radius 3 is 2.76 bits per heavy atom. The summed E-state index contributed by atoms with van der Waals surface area (Å²) in [6.07, 6.45) is 6.33. The Morgan fingerprint density at radius 1 is 1.14 bits per heavy atom. The van der Waals surface area contributed by atoms with Crippen LogP contribution in [0.15, 0.2) is 42.9 Å². The fourth-order valence-corrected chi connectivity index (χ4v) is 2.08. The zero-order valence-corrected chi connectivity index (χ0v) is 11.8. The second-order valence-corrected chi connectivity index (χ2v) is 4.66. The van der Waals surface area contributed by atoms with Crippen LogP contribution in [-0.2, 0) is 13.1 Å². The van der Waals surface area contributed by atoms with Gasteiger partial charge in [-0.2, -0.15) is 10.2 Å².